The summed E-state index contributed by atoms with van der Waals surface area (Å²) < 4.78 is 5.32. The van der Waals surface area contributed by atoms with Crippen molar-refractivity contribution in [1.82, 2.24) is 10.4 Å². The topological polar surface area (TPSA) is 41.6 Å². The summed E-state index contributed by atoms with van der Waals surface area (Å²) in [6, 6.07) is 1.99. The van der Waals surface area contributed by atoms with Crippen LogP contribution in [0.25, 0.3) is 0 Å². The molecule has 0 aliphatic rings. The van der Waals surface area contributed by atoms with Crippen molar-refractivity contribution in [3.05, 3.63) is 28.3 Å². The average molecular weight is 250 g/mol. The Bertz CT molecular complexity index is 454. The fraction of sp³-hybridized carbons (Fsp3) is 0.500. The average Bonchev–Trinajstić information content (AvgIpc) is 2.28. The number of carbonyl (C=O) groups excluding carboxylic acids is 1. The van der Waals surface area contributed by atoms with Crippen LogP contribution in [0, 0.1) is 20.8 Å². The molecule has 1 amide bonds. The van der Waals surface area contributed by atoms with Crippen LogP contribution in [0.15, 0.2) is 6.07 Å². The molecule has 4 heteroatoms. The molecular formula is C14H22N2O2. The molecule has 0 aliphatic carbocycles. The molecule has 0 spiro atoms. The molecule has 1 N–H and O–H groups in total. The second-order valence-electron chi connectivity index (χ2n) is 4.73. The molecule has 0 saturated heterocycles. The Morgan fingerprint density at radius 3 is 2.39 bits per heavy atom. The first-order chi connectivity index (χ1) is 8.36. The van der Waals surface area contributed by atoms with Gasteiger partial charge in [0.05, 0.1) is 13.5 Å². The highest BCUT2D eigenvalue weighted by atomic mass is 16.5. The first-order valence-corrected chi connectivity index (χ1v) is 5.97. The number of ether oxygens (including phenoxy) is 1. The van der Waals surface area contributed by atoms with Gasteiger partial charge in [-0.25, -0.2) is 5.01 Å². The molecule has 0 radical (unpaired) electrons. The van der Waals surface area contributed by atoms with E-state index in [1.54, 1.807) is 26.2 Å². The molecule has 1 rings (SSSR count). The Kier molecular flexibility index (Phi) is 4.73. The summed E-state index contributed by atoms with van der Waals surface area (Å²) in [5.41, 5.74) is 7.14. The Morgan fingerprint density at radius 1 is 1.28 bits per heavy atom. The van der Waals surface area contributed by atoms with Crippen molar-refractivity contribution < 1.29 is 9.53 Å². The summed E-state index contributed by atoms with van der Waals surface area (Å²) in [4.78, 5) is 11.8. The molecule has 1 aromatic rings. The molecule has 0 heterocycles. The third-order valence-electron chi connectivity index (χ3n) is 3.11. The highest BCUT2D eigenvalue weighted by Gasteiger charge is 2.13. The smallest absolute Gasteiger partial charge is 0.238 e. The molecule has 0 aromatic heterocycles. The summed E-state index contributed by atoms with van der Waals surface area (Å²) in [6.45, 7) is 6.05. The van der Waals surface area contributed by atoms with Crippen LogP contribution in [0.3, 0.4) is 0 Å². The Hall–Kier alpha value is -1.55. The normalized spacial score (nSPS) is 10.6. The third-order valence-corrected chi connectivity index (χ3v) is 3.11. The minimum absolute atomic E-state index is 0.00392. The number of aryl methyl sites for hydroxylation is 1. The van der Waals surface area contributed by atoms with Crippen LogP contribution < -0.4 is 10.2 Å². The van der Waals surface area contributed by atoms with Gasteiger partial charge >= 0.3 is 0 Å². The van der Waals surface area contributed by atoms with E-state index >= 15 is 0 Å². The number of amides is 1. The van der Waals surface area contributed by atoms with E-state index in [9.17, 15) is 4.79 Å². The first-order valence-electron chi connectivity index (χ1n) is 5.97. The lowest BCUT2D eigenvalue weighted by Gasteiger charge is -2.17. The van der Waals surface area contributed by atoms with Gasteiger partial charge in [-0.15, -0.1) is 0 Å². The van der Waals surface area contributed by atoms with E-state index in [0.717, 1.165) is 28.0 Å². The molecule has 0 bridgehead atoms. The number of hydrogen-bond acceptors (Lipinski definition) is 3. The quantitative estimate of drug-likeness (QED) is 0.828. The number of carbonyl (C=O) groups is 1. The van der Waals surface area contributed by atoms with Crippen LogP contribution in [0.4, 0.5) is 0 Å². The van der Waals surface area contributed by atoms with E-state index in [4.69, 9.17) is 4.74 Å². The largest absolute Gasteiger partial charge is 0.496 e. The zero-order valence-electron chi connectivity index (χ0n) is 12.0. The van der Waals surface area contributed by atoms with Crippen molar-refractivity contribution in [3.8, 4) is 5.75 Å². The summed E-state index contributed by atoms with van der Waals surface area (Å²) in [7, 11) is 5.27. The number of nitrogens with zero attached hydrogens (tertiary/aromatic N) is 1. The van der Waals surface area contributed by atoms with Crippen LogP contribution in [-0.4, -0.2) is 32.1 Å². The molecule has 4 nitrogen and oxygen atoms in total. The van der Waals surface area contributed by atoms with Gasteiger partial charge in [-0.2, -0.15) is 0 Å². The zero-order valence-corrected chi connectivity index (χ0v) is 12.0. The highest BCUT2D eigenvalue weighted by Crippen LogP contribution is 2.27. The summed E-state index contributed by atoms with van der Waals surface area (Å²) in [5, 5.41) is 1.66. The number of hydrogen-bond donors (Lipinski definition) is 1. The van der Waals surface area contributed by atoms with Gasteiger partial charge in [0, 0.05) is 14.1 Å². The van der Waals surface area contributed by atoms with Crippen LogP contribution >= 0.6 is 0 Å². The van der Waals surface area contributed by atoms with Gasteiger partial charge in [0.2, 0.25) is 5.91 Å². The fourth-order valence-electron chi connectivity index (χ4n) is 2.03. The standard InChI is InChI=1S/C14H22N2O2/c1-9-7-13(18-6)11(3)10(2)12(9)8-14(17)15-16(4)5/h7H,8H2,1-6H3,(H,15,17). The van der Waals surface area contributed by atoms with Gasteiger partial charge in [-0.1, -0.05) is 0 Å². The number of benzene rings is 1. The second kappa shape index (κ2) is 5.87. The number of rotatable bonds is 4. The van der Waals surface area contributed by atoms with Crippen molar-refractivity contribution in [2.45, 2.75) is 27.2 Å². The summed E-state index contributed by atoms with van der Waals surface area (Å²) in [5.74, 6) is 0.873. The van der Waals surface area contributed by atoms with Crippen LogP contribution in [-0.2, 0) is 11.2 Å². The molecule has 18 heavy (non-hydrogen) atoms. The van der Waals surface area contributed by atoms with E-state index in [-0.39, 0.29) is 5.91 Å². The van der Waals surface area contributed by atoms with Gasteiger partial charge in [0.15, 0.2) is 0 Å². The van der Waals surface area contributed by atoms with Gasteiger partial charge in [-0.05, 0) is 49.1 Å². The SMILES string of the molecule is COc1cc(C)c(CC(=O)NN(C)C)c(C)c1C. The minimum atomic E-state index is -0.00392. The van der Waals surface area contributed by atoms with Gasteiger partial charge in [0.1, 0.15) is 5.75 Å². The Balaban J connectivity index is 3.03. The van der Waals surface area contributed by atoms with E-state index < -0.39 is 0 Å². The van der Waals surface area contributed by atoms with Crippen LogP contribution in [0.5, 0.6) is 5.75 Å². The van der Waals surface area contributed by atoms with Crippen molar-refractivity contribution >= 4 is 5.91 Å². The molecule has 0 saturated carbocycles. The van der Waals surface area contributed by atoms with Crippen molar-refractivity contribution in [2.75, 3.05) is 21.2 Å². The molecule has 100 valence electrons. The van der Waals surface area contributed by atoms with Gasteiger partial charge < -0.3 is 4.74 Å². The zero-order chi connectivity index (χ0) is 13.9. The van der Waals surface area contributed by atoms with Crippen molar-refractivity contribution in [1.29, 1.82) is 0 Å². The summed E-state index contributed by atoms with van der Waals surface area (Å²) in [6.07, 6.45) is 0.390. The maximum Gasteiger partial charge on any atom is 0.238 e. The van der Waals surface area contributed by atoms with Crippen LogP contribution in [0.2, 0.25) is 0 Å². The molecule has 0 unspecified atom stereocenters. The maximum atomic E-state index is 11.8. The van der Waals surface area contributed by atoms with E-state index in [1.807, 2.05) is 26.8 Å². The lowest BCUT2D eigenvalue weighted by atomic mass is 9.95. The van der Waals surface area contributed by atoms with Crippen molar-refractivity contribution in [3.63, 3.8) is 0 Å². The molecule has 0 fully saturated rings. The van der Waals surface area contributed by atoms with E-state index in [0.29, 0.717) is 6.42 Å². The minimum Gasteiger partial charge on any atom is -0.496 e. The number of methoxy groups -OCH3 is 1. The Labute approximate surface area is 109 Å². The first kappa shape index (κ1) is 14.5. The van der Waals surface area contributed by atoms with Gasteiger partial charge in [-0.3, -0.25) is 10.2 Å². The Morgan fingerprint density at radius 2 is 1.89 bits per heavy atom. The van der Waals surface area contributed by atoms with Crippen molar-refractivity contribution in [2.24, 2.45) is 0 Å². The predicted molar refractivity (Wildman–Crippen MR) is 72.7 cm³/mol. The fourth-order valence-corrected chi connectivity index (χ4v) is 2.03. The lowest BCUT2D eigenvalue weighted by molar-refractivity contribution is -0.124. The van der Waals surface area contributed by atoms with Crippen LogP contribution in [0.1, 0.15) is 22.3 Å². The maximum absolute atomic E-state index is 11.8. The monoisotopic (exact) mass is 250 g/mol. The highest BCUT2D eigenvalue weighted by molar-refractivity contribution is 5.79. The number of nitrogens with one attached hydrogen (secondary N) is 1. The molecule has 0 atom stereocenters. The predicted octanol–water partition coefficient (Wildman–Crippen LogP) is 1.76. The van der Waals surface area contributed by atoms with E-state index in [2.05, 4.69) is 5.43 Å². The summed E-state index contributed by atoms with van der Waals surface area (Å²) >= 11 is 0. The van der Waals surface area contributed by atoms with Gasteiger partial charge in [0.25, 0.3) is 0 Å². The molecule has 1 aromatic carbocycles. The van der Waals surface area contributed by atoms with E-state index in [1.165, 1.54) is 0 Å². The second-order valence-corrected chi connectivity index (χ2v) is 4.73. The lowest BCUT2D eigenvalue weighted by Crippen LogP contribution is -2.37. The molecule has 0 aliphatic heterocycles. The molecular weight excluding hydrogens is 228 g/mol. The number of hydrazine groups is 1. The third kappa shape index (κ3) is 3.23.